The quantitative estimate of drug-likeness (QED) is 0.0465. The van der Waals surface area contributed by atoms with Gasteiger partial charge in [-0.15, -0.1) is 0 Å². The number of benzene rings is 6. The number of hydrogen-bond donors (Lipinski definition) is 6. The number of hydrogen-bond acceptors (Lipinski definition) is 18. The second kappa shape index (κ2) is 35.8. The summed E-state index contributed by atoms with van der Waals surface area (Å²) in [5, 5.41) is 19.0. The van der Waals surface area contributed by atoms with E-state index in [-0.39, 0.29) is 67.6 Å². The van der Waals surface area contributed by atoms with Crippen molar-refractivity contribution in [3.05, 3.63) is 320 Å². The van der Waals surface area contributed by atoms with Crippen LogP contribution in [0.25, 0.3) is 45.0 Å². The Balaban J connectivity index is 0.000000132. The fourth-order valence-corrected chi connectivity index (χ4v) is 13.9. The third kappa shape index (κ3) is 19.4. The van der Waals surface area contributed by atoms with Gasteiger partial charge in [-0.1, -0.05) is 72.8 Å². The van der Waals surface area contributed by atoms with E-state index in [2.05, 4.69) is 54.2 Å². The minimum Gasteiger partial charge on any atom is -0.397 e. The molecule has 4 aliphatic rings. The number of aromatic nitrogens is 6. The molecule has 0 spiro atoms. The van der Waals surface area contributed by atoms with Crippen molar-refractivity contribution < 1.29 is 47.6 Å². The number of nitrogens with zero attached hydrogens (tertiary/aromatic N) is 10. The summed E-state index contributed by atoms with van der Waals surface area (Å²) in [7, 11) is 3.35. The van der Waals surface area contributed by atoms with Gasteiger partial charge >= 0.3 is 0 Å². The largest absolute Gasteiger partial charge is 0.397 e. The number of methoxy groups -OCH3 is 2. The van der Waals surface area contributed by atoms with Gasteiger partial charge in [-0.3, -0.25) is 49.1 Å². The number of pyridine rings is 6. The van der Waals surface area contributed by atoms with E-state index in [1.54, 1.807) is 116 Å². The molecule has 10 N–H and O–H groups in total. The summed E-state index contributed by atoms with van der Waals surface area (Å²) in [5.74, 6) is -0.694. The van der Waals surface area contributed by atoms with Crippen molar-refractivity contribution in [2.75, 3.05) is 37.2 Å². The van der Waals surface area contributed by atoms with Gasteiger partial charge in [0.1, 0.15) is 11.6 Å². The second-order valence-corrected chi connectivity index (χ2v) is 28.2. The molecular formula is C89H86F2N14O8. The molecule has 4 aliphatic heterocycles. The van der Waals surface area contributed by atoms with Crippen molar-refractivity contribution in [2.45, 2.75) is 111 Å². The van der Waals surface area contributed by atoms with Crippen molar-refractivity contribution in [1.29, 1.82) is 0 Å². The van der Waals surface area contributed by atoms with Crippen molar-refractivity contribution in [3.63, 3.8) is 0 Å². The Labute approximate surface area is 653 Å². The van der Waals surface area contributed by atoms with Crippen LogP contribution in [-0.4, -0.2) is 97.6 Å². The zero-order valence-electron chi connectivity index (χ0n) is 62.8. The molecule has 6 aromatic carbocycles. The van der Waals surface area contributed by atoms with Crippen molar-refractivity contribution in [2.24, 2.45) is 0 Å². The number of anilines is 4. The van der Waals surface area contributed by atoms with Gasteiger partial charge in [0.2, 0.25) is 23.6 Å². The lowest BCUT2D eigenvalue weighted by atomic mass is 10.0. The molecule has 113 heavy (non-hydrogen) atoms. The lowest BCUT2D eigenvalue weighted by Crippen LogP contribution is -2.27. The van der Waals surface area contributed by atoms with Gasteiger partial charge in [0.05, 0.1) is 120 Å². The highest BCUT2D eigenvalue weighted by molar-refractivity contribution is 5.84. The molecule has 24 heteroatoms. The minimum atomic E-state index is -0.539. The first kappa shape index (κ1) is 78.1. The van der Waals surface area contributed by atoms with Crippen LogP contribution in [-0.2, 0) is 127 Å². The molecule has 4 amide bonds. The molecular weight excluding hydrogens is 1430 g/mol. The van der Waals surface area contributed by atoms with Crippen LogP contribution in [0.3, 0.4) is 0 Å². The highest BCUT2D eigenvalue weighted by Gasteiger charge is 2.30. The average molecular weight is 1520 g/mol. The van der Waals surface area contributed by atoms with Gasteiger partial charge in [0.25, 0.3) is 0 Å². The van der Waals surface area contributed by atoms with E-state index < -0.39 is 6.10 Å². The molecule has 0 aliphatic carbocycles. The SMILES string of the molecule is CC(O)c1ccc2c(c1)CN(C(=O)Cc1nc(-c3ccc(F)cc3)ccc1N)C2.COCc1ccc2c(c1)CN(C(=O)Cc1nc(-c3ccc(F)cc3)ccc1N)C2.COCc1ccc2c(c1)CN(C(=O)Cc1nc(-c3cccnc3)ccc1N)C2.Nc1ccc(-c2cccnc2)nc1CC(=O)N1Cc2ccc(CO)cc2C1. The highest BCUT2D eigenvalue weighted by atomic mass is 19.1. The van der Waals surface area contributed by atoms with Crippen molar-refractivity contribution in [3.8, 4) is 45.0 Å². The molecule has 6 aromatic heterocycles. The van der Waals surface area contributed by atoms with E-state index in [1.165, 1.54) is 35.4 Å². The van der Waals surface area contributed by atoms with Crippen LogP contribution in [0.1, 0.15) is 103 Å². The third-order valence-electron chi connectivity index (χ3n) is 20.1. The van der Waals surface area contributed by atoms with E-state index in [9.17, 15) is 38.2 Å². The summed E-state index contributed by atoms with van der Waals surface area (Å²) in [6.07, 6.45) is 6.92. The molecule has 0 saturated carbocycles. The predicted octanol–water partition coefficient (Wildman–Crippen LogP) is 12.6. The van der Waals surface area contributed by atoms with Gasteiger partial charge in [0.15, 0.2) is 0 Å². The molecule has 10 heterocycles. The van der Waals surface area contributed by atoms with E-state index in [0.29, 0.717) is 122 Å². The Bertz CT molecular complexity index is 5450. The first-order valence-corrected chi connectivity index (χ1v) is 36.9. The number of aliphatic hydroxyl groups excluding tert-OH is 2. The van der Waals surface area contributed by atoms with Crippen LogP contribution in [0.4, 0.5) is 31.5 Å². The number of fused-ring (bicyclic) bond motifs is 4. The number of halogens is 2. The average Bonchev–Trinajstić information content (AvgIpc) is 1.67. The Morgan fingerprint density at radius 1 is 0.389 bits per heavy atom. The molecule has 22 nitrogen and oxygen atoms in total. The number of carbonyl (C=O) groups excluding carboxylic acids is 4. The smallest absolute Gasteiger partial charge is 0.229 e. The topological polar surface area (TPSA) is 322 Å². The van der Waals surface area contributed by atoms with E-state index in [4.69, 9.17) is 32.4 Å². The van der Waals surface area contributed by atoms with Crippen LogP contribution in [0.5, 0.6) is 0 Å². The molecule has 0 fully saturated rings. The Kier molecular flexibility index (Phi) is 24.7. The van der Waals surface area contributed by atoms with Gasteiger partial charge in [0, 0.05) is 114 Å². The van der Waals surface area contributed by atoms with Crippen LogP contribution in [0.15, 0.2) is 219 Å². The second-order valence-electron chi connectivity index (χ2n) is 28.2. The normalized spacial score (nSPS) is 13.1. The van der Waals surface area contributed by atoms with E-state index >= 15 is 0 Å². The molecule has 574 valence electrons. The predicted molar refractivity (Wildman–Crippen MR) is 427 cm³/mol. The van der Waals surface area contributed by atoms with Crippen molar-refractivity contribution >= 4 is 46.4 Å². The monoisotopic (exact) mass is 1520 g/mol. The molecule has 16 rings (SSSR count). The van der Waals surface area contributed by atoms with E-state index in [0.717, 1.165) is 89.3 Å². The van der Waals surface area contributed by atoms with Crippen LogP contribution < -0.4 is 22.9 Å². The number of amides is 4. The maximum absolute atomic E-state index is 13.2. The maximum atomic E-state index is 13.2. The van der Waals surface area contributed by atoms with Gasteiger partial charge < -0.3 is 62.2 Å². The van der Waals surface area contributed by atoms with Crippen LogP contribution in [0, 0.1) is 11.6 Å². The maximum Gasteiger partial charge on any atom is 0.229 e. The zero-order valence-corrected chi connectivity index (χ0v) is 62.8. The number of nitrogens with two attached hydrogens (primary N) is 4. The number of carbonyl (C=O) groups is 4. The lowest BCUT2D eigenvalue weighted by Gasteiger charge is -2.16. The summed E-state index contributed by atoms with van der Waals surface area (Å²) in [4.78, 5) is 85.2. The Morgan fingerprint density at radius 2 is 0.690 bits per heavy atom. The fourth-order valence-electron chi connectivity index (χ4n) is 13.9. The molecule has 0 saturated heterocycles. The standard InChI is InChI=1S/2C23H22FN3O2.C22H22N4O2.C21H20N4O2/c1-29-14-15-2-3-17-12-27(13-18(17)10-15)23(28)11-22-20(25)8-9-21(26-22)16-4-6-19(24)7-5-16;1-14(28)16-2-3-17-12-27(13-18(17)10-16)23(29)11-22-20(25)8-9-21(26-22)15-4-6-19(24)7-5-15;1-28-14-15-4-5-17-12-26(13-18(17)9-15)22(27)10-21-19(23)6-7-20(25-21)16-3-2-8-24-11-16;22-18-5-6-19(15-2-1-7-23-10-15)24-20(18)9-21(27)25-11-16-4-3-14(13-26)8-17(16)12-25/h2-10H,11-14,25H2,1H3;2-10,14,28H,11-13,25H2,1H3;2-9,11H,10,12-14,23H2,1H3;1-8,10,26H,9,11-13,22H2. The summed E-state index contributed by atoms with van der Waals surface area (Å²) in [6, 6.07) is 58.0. The first-order chi connectivity index (χ1) is 54.7. The molecule has 0 bridgehead atoms. The van der Waals surface area contributed by atoms with Crippen LogP contribution >= 0.6 is 0 Å². The summed E-state index contributed by atoms with van der Waals surface area (Å²) in [6.45, 7) is 7.38. The Morgan fingerprint density at radius 3 is 1.00 bits per heavy atom. The first-order valence-electron chi connectivity index (χ1n) is 36.9. The lowest BCUT2D eigenvalue weighted by molar-refractivity contribution is -0.131. The summed E-state index contributed by atoms with van der Waals surface area (Å²) in [5.41, 5.74) is 47.5. The number of ether oxygens (including phenoxy) is 2. The zero-order chi connectivity index (χ0) is 79.2. The highest BCUT2D eigenvalue weighted by Crippen LogP contribution is 2.33. The van der Waals surface area contributed by atoms with Gasteiger partial charge in [-0.2, -0.15) is 0 Å². The number of aliphatic hydroxyl groups is 2. The number of rotatable bonds is 18. The summed E-state index contributed by atoms with van der Waals surface area (Å²) < 4.78 is 36.7. The summed E-state index contributed by atoms with van der Waals surface area (Å²) >= 11 is 0. The molecule has 1 atom stereocenters. The minimum absolute atomic E-state index is 0.00279. The van der Waals surface area contributed by atoms with Crippen LogP contribution in [0.2, 0.25) is 0 Å². The van der Waals surface area contributed by atoms with Gasteiger partial charge in [-0.25, -0.2) is 8.78 Å². The number of nitrogen functional groups attached to an aromatic ring is 4. The van der Waals surface area contributed by atoms with E-state index in [1.807, 2.05) is 94.7 Å². The molecule has 0 radical (unpaired) electrons. The third-order valence-corrected chi connectivity index (χ3v) is 20.1. The van der Waals surface area contributed by atoms with Gasteiger partial charge in [-0.05, 0) is 195 Å². The fraction of sp³-hybridized carbons (Fsp3) is 0.213. The molecule has 12 aromatic rings. The van der Waals surface area contributed by atoms with Crippen molar-refractivity contribution in [1.82, 2.24) is 49.5 Å². The molecule has 1 unspecified atom stereocenters. The Hall–Kier alpha value is -13.0.